The number of halogens is 1. The Labute approximate surface area is 77.4 Å². The average molecular weight is 183 g/mol. The monoisotopic (exact) mass is 183 g/mol. The first-order valence-electron chi connectivity index (χ1n) is 4.19. The zero-order valence-electron chi connectivity index (χ0n) is 7.84. The smallest absolute Gasteiger partial charge is 0.123 e. The molecule has 0 heterocycles. The van der Waals surface area contributed by atoms with Crippen molar-refractivity contribution >= 4 is 0 Å². The predicted molar refractivity (Wildman–Crippen MR) is 49.9 cm³/mol. The first-order valence-corrected chi connectivity index (χ1v) is 4.19. The summed E-state index contributed by atoms with van der Waals surface area (Å²) in [6.45, 7) is 2.05. The molecular formula is C10H14FNO. The van der Waals surface area contributed by atoms with Crippen LogP contribution in [0.15, 0.2) is 24.3 Å². The van der Waals surface area contributed by atoms with Gasteiger partial charge >= 0.3 is 0 Å². The second kappa shape index (κ2) is 3.85. The van der Waals surface area contributed by atoms with Gasteiger partial charge in [0.1, 0.15) is 5.82 Å². The second-order valence-corrected chi connectivity index (χ2v) is 3.31. The Bertz CT molecular complexity index is 286. The van der Waals surface area contributed by atoms with Crippen LogP contribution in [0, 0.1) is 5.82 Å². The summed E-state index contributed by atoms with van der Waals surface area (Å²) in [7, 11) is 1.74. The van der Waals surface area contributed by atoms with E-state index in [1.165, 1.54) is 12.1 Å². The van der Waals surface area contributed by atoms with Crippen LogP contribution in [0.4, 0.5) is 4.39 Å². The molecule has 0 aliphatic heterocycles. The molecule has 0 fully saturated rings. The van der Waals surface area contributed by atoms with Crippen LogP contribution in [0.1, 0.15) is 12.5 Å². The van der Waals surface area contributed by atoms with Crippen molar-refractivity contribution in [2.24, 2.45) is 0 Å². The van der Waals surface area contributed by atoms with E-state index in [-0.39, 0.29) is 5.82 Å². The maximum Gasteiger partial charge on any atom is 0.123 e. The summed E-state index contributed by atoms with van der Waals surface area (Å²) in [5, 5.41) is 12.7. The highest BCUT2D eigenvalue weighted by Gasteiger charge is 2.21. The quantitative estimate of drug-likeness (QED) is 0.739. The zero-order valence-corrected chi connectivity index (χ0v) is 7.84. The van der Waals surface area contributed by atoms with Crippen molar-refractivity contribution in [3.05, 3.63) is 35.6 Å². The van der Waals surface area contributed by atoms with Crippen LogP contribution in [0.5, 0.6) is 0 Å². The topological polar surface area (TPSA) is 32.3 Å². The highest BCUT2D eigenvalue weighted by Crippen LogP contribution is 2.19. The van der Waals surface area contributed by atoms with E-state index in [4.69, 9.17) is 0 Å². The molecule has 3 heteroatoms. The van der Waals surface area contributed by atoms with Crippen molar-refractivity contribution in [3.63, 3.8) is 0 Å². The number of hydrogen-bond donors (Lipinski definition) is 2. The van der Waals surface area contributed by atoms with Gasteiger partial charge in [-0.1, -0.05) is 12.1 Å². The fraction of sp³-hybridized carbons (Fsp3) is 0.400. The van der Waals surface area contributed by atoms with Gasteiger partial charge in [0, 0.05) is 6.54 Å². The van der Waals surface area contributed by atoms with Gasteiger partial charge in [0.25, 0.3) is 0 Å². The molecule has 0 bridgehead atoms. The van der Waals surface area contributed by atoms with Gasteiger partial charge in [0.2, 0.25) is 0 Å². The van der Waals surface area contributed by atoms with Gasteiger partial charge in [-0.25, -0.2) is 4.39 Å². The Morgan fingerprint density at radius 2 is 2.23 bits per heavy atom. The van der Waals surface area contributed by atoms with E-state index in [1.807, 2.05) is 0 Å². The minimum absolute atomic E-state index is 0.325. The Balaban J connectivity index is 2.93. The molecule has 0 aliphatic carbocycles. The van der Waals surface area contributed by atoms with E-state index in [9.17, 15) is 9.50 Å². The molecule has 72 valence electrons. The molecule has 13 heavy (non-hydrogen) atoms. The first kappa shape index (κ1) is 10.2. The summed E-state index contributed by atoms with van der Waals surface area (Å²) in [6.07, 6.45) is 0. The SMILES string of the molecule is CNCC(C)(O)c1cccc(F)c1. The van der Waals surface area contributed by atoms with Crippen LogP contribution < -0.4 is 5.32 Å². The lowest BCUT2D eigenvalue weighted by Crippen LogP contribution is -2.33. The highest BCUT2D eigenvalue weighted by atomic mass is 19.1. The van der Waals surface area contributed by atoms with Crippen LogP contribution in [-0.4, -0.2) is 18.7 Å². The van der Waals surface area contributed by atoms with Gasteiger partial charge in [-0.05, 0) is 31.7 Å². The molecule has 0 radical (unpaired) electrons. The summed E-state index contributed by atoms with van der Waals surface area (Å²) in [5.74, 6) is -0.325. The van der Waals surface area contributed by atoms with Crippen molar-refractivity contribution in [3.8, 4) is 0 Å². The third-order valence-corrected chi connectivity index (χ3v) is 1.97. The number of benzene rings is 1. The van der Waals surface area contributed by atoms with E-state index < -0.39 is 5.60 Å². The number of nitrogens with one attached hydrogen (secondary N) is 1. The van der Waals surface area contributed by atoms with Crippen LogP contribution in [0.3, 0.4) is 0 Å². The number of hydrogen-bond acceptors (Lipinski definition) is 2. The zero-order chi connectivity index (χ0) is 9.90. The Hall–Kier alpha value is -0.930. The molecule has 0 aliphatic rings. The molecule has 1 rings (SSSR count). The molecule has 0 saturated heterocycles. The van der Waals surface area contributed by atoms with E-state index >= 15 is 0 Å². The Kier molecular flexibility index (Phi) is 3.01. The summed E-state index contributed by atoms with van der Waals surface area (Å²) in [4.78, 5) is 0. The lowest BCUT2D eigenvalue weighted by atomic mass is 9.96. The molecule has 2 N–H and O–H groups in total. The van der Waals surface area contributed by atoms with Gasteiger partial charge in [-0.3, -0.25) is 0 Å². The largest absolute Gasteiger partial charge is 0.384 e. The highest BCUT2D eigenvalue weighted by molar-refractivity contribution is 5.22. The van der Waals surface area contributed by atoms with Gasteiger partial charge in [-0.2, -0.15) is 0 Å². The fourth-order valence-electron chi connectivity index (χ4n) is 1.27. The molecule has 0 spiro atoms. The maximum absolute atomic E-state index is 12.8. The number of rotatable bonds is 3. The summed E-state index contributed by atoms with van der Waals surface area (Å²) < 4.78 is 12.8. The molecule has 0 aromatic heterocycles. The molecular weight excluding hydrogens is 169 g/mol. The maximum atomic E-state index is 12.8. The van der Waals surface area contributed by atoms with Crippen molar-refractivity contribution in [2.45, 2.75) is 12.5 Å². The number of aliphatic hydroxyl groups is 1. The number of likely N-dealkylation sites (N-methyl/N-ethyl adjacent to an activating group) is 1. The van der Waals surface area contributed by atoms with Crippen molar-refractivity contribution in [1.82, 2.24) is 5.32 Å². The minimum Gasteiger partial charge on any atom is -0.384 e. The summed E-state index contributed by atoms with van der Waals surface area (Å²) in [6, 6.07) is 6.01. The first-order chi connectivity index (χ1) is 6.06. The Morgan fingerprint density at radius 1 is 1.54 bits per heavy atom. The van der Waals surface area contributed by atoms with Crippen LogP contribution in [0.25, 0.3) is 0 Å². The molecule has 1 atom stereocenters. The van der Waals surface area contributed by atoms with Crippen molar-refractivity contribution < 1.29 is 9.50 Å². The molecule has 2 nitrogen and oxygen atoms in total. The molecule has 1 aromatic carbocycles. The fourth-order valence-corrected chi connectivity index (χ4v) is 1.27. The molecule has 1 aromatic rings. The van der Waals surface area contributed by atoms with Gasteiger partial charge < -0.3 is 10.4 Å². The van der Waals surface area contributed by atoms with Crippen molar-refractivity contribution in [2.75, 3.05) is 13.6 Å². The minimum atomic E-state index is -1.02. The van der Waals surface area contributed by atoms with E-state index in [0.717, 1.165) is 0 Å². The summed E-state index contributed by atoms with van der Waals surface area (Å²) >= 11 is 0. The standard InChI is InChI=1S/C10H14FNO/c1-10(13,7-12-2)8-4-3-5-9(11)6-8/h3-6,12-13H,7H2,1-2H3. The second-order valence-electron chi connectivity index (χ2n) is 3.31. The van der Waals surface area contributed by atoms with E-state index in [1.54, 1.807) is 26.1 Å². The predicted octanol–water partition coefficient (Wildman–Crippen LogP) is 1.25. The molecule has 0 amide bonds. The lowest BCUT2D eigenvalue weighted by molar-refractivity contribution is 0.0588. The normalized spacial score (nSPS) is 15.4. The van der Waals surface area contributed by atoms with Crippen LogP contribution >= 0.6 is 0 Å². The van der Waals surface area contributed by atoms with Gasteiger partial charge in [-0.15, -0.1) is 0 Å². The van der Waals surface area contributed by atoms with Gasteiger partial charge in [0.05, 0.1) is 5.60 Å². The van der Waals surface area contributed by atoms with Crippen molar-refractivity contribution in [1.29, 1.82) is 0 Å². The third-order valence-electron chi connectivity index (χ3n) is 1.97. The lowest BCUT2D eigenvalue weighted by Gasteiger charge is -2.23. The van der Waals surface area contributed by atoms with E-state index in [2.05, 4.69) is 5.32 Å². The average Bonchev–Trinajstić information content (AvgIpc) is 2.04. The van der Waals surface area contributed by atoms with Crippen LogP contribution in [0.2, 0.25) is 0 Å². The third kappa shape index (κ3) is 2.50. The Morgan fingerprint density at radius 3 is 2.77 bits per heavy atom. The van der Waals surface area contributed by atoms with Gasteiger partial charge in [0.15, 0.2) is 0 Å². The molecule has 1 unspecified atom stereocenters. The molecule has 0 saturated carbocycles. The summed E-state index contributed by atoms with van der Waals surface area (Å²) in [5.41, 5.74) is -0.432. The van der Waals surface area contributed by atoms with E-state index in [0.29, 0.717) is 12.1 Å². The van der Waals surface area contributed by atoms with Crippen LogP contribution in [-0.2, 0) is 5.60 Å².